The Kier molecular flexibility index (Phi) is 9.80. The van der Waals surface area contributed by atoms with Gasteiger partial charge in [-0.05, 0) is 74.5 Å². The van der Waals surface area contributed by atoms with E-state index in [1.54, 1.807) is 39.0 Å². The van der Waals surface area contributed by atoms with Crippen LogP contribution in [-0.4, -0.2) is 87.3 Å². The van der Waals surface area contributed by atoms with Crippen LogP contribution in [0.4, 0.5) is 0 Å². The first-order chi connectivity index (χ1) is 25.4. The number of aliphatic hydroxyl groups is 7. The first-order valence-corrected chi connectivity index (χ1v) is 17.9. The molecule has 13 nitrogen and oxygen atoms in total. The van der Waals surface area contributed by atoms with E-state index in [4.69, 9.17) is 4.74 Å². The number of carbonyl (C=O) groups excluding carboxylic acids is 5. The fourth-order valence-electron chi connectivity index (χ4n) is 9.78. The molecule has 0 amide bonds. The molecule has 4 fully saturated rings. The lowest BCUT2D eigenvalue weighted by Crippen LogP contribution is -2.73. The van der Waals surface area contributed by atoms with E-state index in [0.717, 1.165) is 32.9 Å². The van der Waals surface area contributed by atoms with Crippen LogP contribution in [0.3, 0.4) is 0 Å². The van der Waals surface area contributed by atoms with Crippen molar-refractivity contribution in [2.75, 3.05) is 0 Å². The molecule has 10 atom stereocenters. The molecule has 294 valence electrons. The maximum atomic E-state index is 15.3. The summed E-state index contributed by atoms with van der Waals surface area (Å²) >= 11 is 0. The van der Waals surface area contributed by atoms with Crippen molar-refractivity contribution < 1.29 is 64.5 Å². The summed E-state index contributed by atoms with van der Waals surface area (Å²) in [5.41, 5.74) is -15.0. The summed E-state index contributed by atoms with van der Waals surface area (Å²) in [6.45, 7) is 11.6. The van der Waals surface area contributed by atoms with Gasteiger partial charge in [-0.2, -0.15) is 0 Å². The molecule has 0 radical (unpaired) electrons. The number of allylic oxidation sites excluding steroid dienone is 11. The quantitative estimate of drug-likeness (QED) is 0.0475. The first kappa shape index (κ1) is 41.2. The van der Waals surface area contributed by atoms with Crippen LogP contribution in [0.1, 0.15) is 62.3 Å². The number of fused-ring (bicyclic) bond motifs is 6. The average Bonchev–Trinajstić information content (AvgIpc) is 3.32. The van der Waals surface area contributed by atoms with E-state index in [-0.39, 0.29) is 5.57 Å². The molecule has 2 bridgehead atoms. The fourth-order valence-corrected chi connectivity index (χ4v) is 9.78. The molecule has 0 unspecified atom stereocenters. The van der Waals surface area contributed by atoms with Crippen LogP contribution in [0.25, 0.3) is 0 Å². The van der Waals surface area contributed by atoms with E-state index in [9.17, 15) is 54.9 Å². The van der Waals surface area contributed by atoms with E-state index < -0.39 is 126 Å². The summed E-state index contributed by atoms with van der Waals surface area (Å²) in [5, 5.41) is 83.0. The highest BCUT2D eigenvalue weighted by atomic mass is 16.7. The van der Waals surface area contributed by atoms with Crippen LogP contribution in [0.2, 0.25) is 0 Å². The first-order valence-electron chi connectivity index (χ1n) is 17.9. The lowest BCUT2D eigenvalue weighted by Gasteiger charge is -2.58. The highest BCUT2D eigenvalue weighted by Crippen LogP contribution is 2.69. The number of hydrogen-bond donors (Lipinski definition) is 7. The number of aliphatic hydroxyl groups excluding tert-OH is 4. The van der Waals surface area contributed by atoms with Gasteiger partial charge in [-0.3, -0.25) is 24.0 Å². The van der Waals surface area contributed by atoms with E-state index in [1.165, 1.54) is 51.2 Å². The summed E-state index contributed by atoms with van der Waals surface area (Å²) < 4.78 is 6.00. The Bertz CT molecular complexity index is 2100. The largest absolute Gasteiger partial charge is 0.511 e. The zero-order valence-corrected chi connectivity index (χ0v) is 32.2. The predicted molar refractivity (Wildman–Crippen MR) is 198 cm³/mol. The number of hydrogen-bond acceptors (Lipinski definition) is 13. The zero-order chi connectivity index (χ0) is 41.6. The SMILES string of the molecule is C/C=C/C=C/C(O)=C1/C(=O)[C@]2(C)C(=O)[C@@](C)(O)[C@H]1[C@@H](C(=O)C1=C(O)[C@@]3(C)[C@H]4\C(=C(O)/C=C/C=C/C)C(O)=C(C)C(=O)[C@@]4(C)O[C@@]3(O)[C@@](C)(O)C1=O)[C@H]2/C=C/C. The van der Waals surface area contributed by atoms with Gasteiger partial charge < -0.3 is 40.5 Å². The number of ketones is 5. The highest BCUT2D eigenvalue weighted by Gasteiger charge is 2.83. The van der Waals surface area contributed by atoms with Gasteiger partial charge in [0.25, 0.3) is 0 Å². The third-order valence-electron chi connectivity index (χ3n) is 12.5. The topological polar surface area (TPSA) is 236 Å². The van der Waals surface area contributed by atoms with Crippen LogP contribution in [0.15, 0.2) is 106 Å². The maximum absolute atomic E-state index is 15.3. The molecule has 13 heteroatoms. The molecular weight excluding hydrogens is 712 g/mol. The van der Waals surface area contributed by atoms with Crippen LogP contribution >= 0.6 is 0 Å². The third kappa shape index (κ3) is 4.95. The second-order valence-electron chi connectivity index (χ2n) is 15.7. The zero-order valence-electron chi connectivity index (χ0n) is 32.2. The molecule has 0 aromatic rings. The molecular formula is C42H48O13. The standard InChI is InChI=1S/C42H48O13/c1-10-13-15-18-22(43)25-28-24(21(17-12-3)37(5,33(25)48)36(51)39(28,7)52)30(46)27-34(49)38(6)31-26(23(44)19-16-14-11-2)29(45)20(4)32(47)40(31,8)55-42(38,54)41(9,53)35(27)50/h10-19,21,24,28,31,43-45,49,52-54H,1-9H3/b13-10+,14-11+,17-12+,18-15+,19-16+,25-22-,26-23+/t21-,24+,28+,31-,37-,38-,39+,40+,41+,42-/m1/s1. The number of rotatable bonds is 7. The average molecular weight is 761 g/mol. The molecule has 6 aliphatic rings. The molecule has 0 spiro atoms. The molecule has 1 saturated heterocycles. The van der Waals surface area contributed by atoms with Gasteiger partial charge in [0, 0.05) is 40.4 Å². The normalized spacial score (nSPS) is 42.6. The van der Waals surface area contributed by atoms with Crippen molar-refractivity contribution in [3.63, 3.8) is 0 Å². The molecule has 3 saturated carbocycles. The summed E-state index contributed by atoms with van der Waals surface area (Å²) in [5.74, 6) is -18.7. The molecule has 0 aromatic heterocycles. The highest BCUT2D eigenvalue weighted by molar-refractivity contribution is 6.28. The van der Waals surface area contributed by atoms with Gasteiger partial charge >= 0.3 is 0 Å². The molecule has 7 N–H and O–H groups in total. The van der Waals surface area contributed by atoms with Gasteiger partial charge in [-0.15, -0.1) is 0 Å². The lowest BCUT2D eigenvalue weighted by molar-refractivity contribution is -0.317. The van der Waals surface area contributed by atoms with Crippen LogP contribution in [-0.2, 0) is 28.7 Å². The summed E-state index contributed by atoms with van der Waals surface area (Å²) in [4.78, 5) is 71.9. The minimum atomic E-state index is -3.21. The molecule has 1 aliphatic heterocycles. The fraction of sp³-hybridized carbons (Fsp3) is 0.452. The van der Waals surface area contributed by atoms with Crippen LogP contribution < -0.4 is 0 Å². The summed E-state index contributed by atoms with van der Waals surface area (Å²) in [6, 6.07) is 0. The van der Waals surface area contributed by atoms with E-state index in [1.807, 2.05) is 0 Å². The number of carbonyl (C=O) groups is 5. The monoisotopic (exact) mass is 760 g/mol. The van der Waals surface area contributed by atoms with Gasteiger partial charge in [0.1, 0.15) is 39.8 Å². The van der Waals surface area contributed by atoms with Crippen molar-refractivity contribution in [2.45, 2.75) is 84.9 Å². The smallest absolute Gasteiger partial charge is 0.216 e. The Morgan fingerprint density at radius 2 is 1.27 bits per heavy atom. The van der Waals surface area contributed by atoms with Gasteiger partial charge in [-0.1, -0.05) is 48.6 Å². The van der Waals surface area contributed by atoms with E-state index in [0.29, 0.717) is 0 Å². The Morgan fingerprint density at radius 3 is 1.78 bits per heavy atom. The Hall–Kier alpha value is -4.95. The third-order valence-corrected chi connectivity index (χ3v) is 12.5. The minimum absolute atomic E-state index is 0.309. The van der Waals surface area contributed by atoms with Crippen molar-refractivity contribution in [2.24, 2.45) is 34.5 Å². The summed E-state index contributed by atoms with van der Waals surface area (Å²) in [7, 11) is 0. The maximum Gasteiger partial charge on any atom is 0.216 e. The van der Waals surface area contributed by atoms with Crippen molar-refractivity contribution in [3.8, 4) is 0 Å². The molecule has 6 rings (SSSR count). The molecule has 0 aromatic carbocycles. The van der Waals surface area contributed by atoms with E-state index in [2.05, 4.69) is 0 Å². The van der Waals surface area contributed by atoms with Crippen LogP contribution in [0.5, 0.6) is 0 Å². The lowest BCUT2D eigenvalue weighted by atomic mass is 9.42. The van der Waals surface area contributed by atoms with Crippen molar-refractivity contribution in [3.05, 3.63) is 106 Å². The Balaban J connectivity index is 1.89. The molecule has 5 aliphatic carbocycles. The van der Waals surface area contributed by atoms with Gasteiger partial charge in [-0.25, -0.2) is 0 Å². The van der Waals surface area contributed by atoms with Gasteiger partial charge in [0.05, 0.1) is 10.8 Å². The summed E-state index contributed by atoms with van der Waals surface area (Å²) in [6.07, 6.45) is 14.3. The molecule has 1 heterocycles. The second kappa shape index (κ2) is 13.1. The second-order valence-corrected chi connectivity index (χ2v) is 15.7. The van der Waals surface area contributed by atoms with Crippen molar-refractivity contribution >= 4 is 28.9 Å². The molecule has 55 heavy (non-hydrogen) atoms. The number of ether oxygens (including phenoxy) is 1. The van der Waals surface area contributed by atoms with Gasteiger partial charge in [0.15, 0.2) is 28.7 Å². The Morgan fingerprint density at radius 1 is 0.745 bits per heavy atom. The van der Waals surface area contributed by atoms with Crippen molar-refractivity contribution in [1.29, 1.82) is 0 Å². The van der Waals surface area contributed by atoms with Crippen molar-refractivity contribution in [1.82, 2.24) is 0 Å². The van der Waals surface area contributed by atoms with Gasteiger partial charge in [0.2, 0.25) is 11.6 Å². The number of Topliss-reactive ketones (excluding diaryl/α,β-unsaturated/α-hetero) is 5. The predicted octanol–water partition coefficient (Wildman–Crippen LogP) is 4.45. The van der Waals surface area contributed by atoms with E-state index >= 15 is 4.79 Å². The van der Waals surface area contributed by atoms with Crippen LogP contribution in [0, 0.1) is 34.5 Å². The Labute approximate surface area is 318 Å². The minimum Gasteiger partial charge on any atom is -0.511 e.